The lowest BCUT2D eigenvalue weighted by Gasteiger charge is -2.10. The summed E-state index contributed by atoms with van der Waals surface area (Å²) >= 11 is 12.5. The highest BCUT2D eigenvalue weighted by Crippen LogP contribution is 2.31. The zero-order valence-corrected chi connectivity index (χ0v) is 18.4. The highest BCUT2D eigenvalue weighted by Gasteiger charge is 2.16. The molecule has 162 valence electrons. The molecule has 0 spiro atoms. The van der Waals surface area contributed by atoms with Crippen molar-refractivity contribution in [3.05, 3.63) is 88.4 Å². The topological polar surface area (TPSA) is 77.2 Å². The number of benzene rings is 3. The smallest absolute Gasteiger partial charge is 0.132 e. The highest BCUT2D eigenvalue weighted by molar-refractivity contribution is 6.35. The number of aromatic nitrogens is 7. The maximum Gasteiger partial charge on any atom is 0.132 e. The van der Waals surface area contributed by atoms with Crippen LogP contribution in [0.25, 0.3) is 38.9 Å². The van der Waals surface area contributed by atoms with Crippen LogP contribution in [0.1, 0.15) is 5.56 Å². The number of hydrogen-bond acceptors (Lipinski definition) is 4. The third kappa shape index (κ3) is 3.44. The number of nitrogens with zero attached hydrogens (tertiary/aromatic N) is 6. The summed E-state index contributed by atoms with van der Waals surface area (Å²) < 4.78 is 17.8. The Labute approximate surface area is 196 Å². The second kappa shape index (κ2) is 7.68. The third-order valence-electron chi connectivity index (χ3n) is 5.52. The minimum Gasteiger partial charge on any atom is -0.278 e. The number of halogens is 3. The molecule has 3 aromatic heterocycles. The van der Waals surface area contributed by atoms with Crippen molar-refractivity contribution >= 4 is 45.1 Å². The predicted molar refractivity (Wildman–Crippen MR) is 125 cm³/mol. The van der Waals surface area contributed by atoms with Crippen molar-refractivity contribution in [2.45, 2.75) is 6.54 Å². The summed E-state index contributed by atoms with van der Waals surface area (Å²) in [6.45, 7) is 0.245. The molecule has 10 heteroatoms. The predicted octanol–water partition coefficient (Wildman–Crippen LogP) is 5.65. The molecule has 0 fully saturated rings. The Balaban J connectivity index is 1.45. The van der Waals surface area contributed by atoms with Crippen LogP contribution in [0.2, 0.25) is 10.0 Å². The summed E-state index contributed by atoms with van der Waals surface area (Å²) in [5, 5.41) is 21.8. The zero-order chi connectivity index (χ0) is 22.5. The highest BCUT2D eigenvalue weighted by atomic mass is 35.5. The Kier molecular flexibility index (Phi) is 4.63. The zero-order valence-electron chi connectivity index (χ0n) is 16.9. The van der Waals surface area contributed by atoms with Crippen molar-refractivity contribution < 1.29 is 4.39 Å². The lowest BCUT2D eigenvalue weighted by atomic mass is 10.1. The number of rotatable bonds is 4. The van der Waals surface area contributed by atoms with Crippen molar-refractivity contribution in [3.63, 3.8) is 0 Å². The van der Waals surface area contributed by atoms with Gasteiger partial charge in [0.25, 0.3) is 0 Å². The Morgan fingerprint density at radius 1 is 1.00 bits per heavy atom. The van der Waals surface area contributed by atoms with E-state index in [2.05, 4.69) is 25.6 Å². The van der Waals surface area contributed by atoms with E-state index in [0.29, 0.717) is 21.1 Å². The fourth-order valence-corrected chi connectivity index (χ4v) is 4.30. The normalized spacial score (nSPS) is 11.6. The van der Waals surface area contributed by atoms with E-state index in [1.54, 1.807) is 33.9 Å². The van der Waals surface area contributed by atoms with Crippen molar-refractivity contribution in [1.29, 1.82) is 0 Å². The van der Waals surface area contributed by atoms with Gasteiger partial charge in [-0.25, -0.2) is 9.07 Å². The Bertz CT molecular complexity index is 1650. The van der Waals surface area contributed by atoms with E-state index < -0.39 is 0 Å². The second-order valence-electron chi connectivity index (χ2n) is 7.58. The molecule has 33 heavy (non-hydrogen) atoms. The summed E-state index contributed by atoms with van der Waals surface area (Å²) in [5.41, 5.74) is 5.11. The summed E-state index contributed by atoms with van der Waals surface area (Å²) in [7, 11) is 0. The van der Waals surface area contributed by atoms with Gasteiger partial charge in [-0.15, -0.1) is 5.10 Å². The molecule has 0 saturated carbocycles. The summed E-state index contributed by atoms with van der Waals surface area (Å²) in [6, 6.07) is 16.1. The molecule has 7 nitrogen and oxygen atoms in total. The fraction of sp³-hybridized carbons (Fsp3) is 0.0435. The average Bonchev–Trinajstić information content (AvgIpc) is 3.54. The van der Waals surface area contributed by atoms with Crippen molar-refractivity contribution in [2.24, 2.45) is 0 Å². The third-order valence-corrected chi connectivity index (χ3v) is 6.05. The Morgan fingerprint density at radius 2 is 1.91 bits per heavy atom. The van der Waals surface area contributed by atoms with Gasteiger partial charge in [-0.1, -0.05) is 34.5 Å². The summed E-state index contributed by atoms with van der Waals surface area (Å²) in [5.74, 6) is -0.381. The van der Waals surface area contributed by atoms with E-state index in [-0.39, 0.29) is 12.4 Å². The van der Waals surface area contributed by atoms with Gasteiger partial charge in [0.05, 0.1) is 40.2 Å². The van der Waals surface area contributed by atoms with Gasteiger partial charge in [0.1, 0.15) is 11.3 Å². The van der Waals surface area contributed by atoms with Crippen molar-refractivity contribution in [1.82, 2.24) is 35.0 Å². The van der Waals surface area contributed by atoms with Crippen LogP contribution in [0.3, 0.4) is 0 Å². The summed E-state index contributed by atoms with van der Waals surface area (Å²) in [4.78, 5) is 0. The largest absolute Gasteiger partial charge is 0.278 e. The number of aromatic amines is 1. The number of hydrogen-bond donors (Lipinski definition) is 1. The van der Waals surface area contributed by atoms with Crippen LogP contribution in [-0.4, -0.2) is 35.0 Å². The van der Waals surface area contributed by atoms with Gasteiger partial charge in [0.2, 0.25) is 0 Å². The molecule has 1 N–H and O–H groups in total. The molecule has 6 rings (SSSR count). The maximum atomic E-state index is 14.4. The first-order valence-electron chi connectivity index (χ1n) is 10.0. The van der Waals surface area contributed by atoms with E-state index in [0.717, 1.165) is 33.4 Å². The minimum absolute atomic E-state index is 0.245. The van der Waals surface area contributed by atoms with Gasteiger partial charge in [0, 0.05) is 27.7 Å². The monoisotopic (exact) mass is 477 g/mol. The number of H-pyrrole nitrogens is 1. The average molecular weight is 478 g/mol. The molecule has 3 aromatic carbocycles. The van der Waals surface area contributed by atoms with Crippen LogP contribution in [0.5, 0.6) is 0 Å². The molecule has 0 aliphatic rings. The lowest BCUT2D eigenvalue weighted by molar-refractivity contribution is 0.587. The van der Waals surface area contributed by atoms with Crippen LogP contribution in [0.15, 0.2) is 67.0 Å². The van der Waals surface area contributed by atoms with E-state index in [1.165, 1.54) is 6.07 Å². The maximum absolute atomic E-state index is 14.4. The van der Waals surface area contributed by atoms with Gasteiger partial charge in [-0.2, -0.15) is 10.2 Å². The van der Waals surface area contributed by atoms with E-state index in [4.69, 9.17) is 23.2 Å². The van der Waals surface area contributed by atoms with E-state index >= 15 is 0 Å². The van der Waals surface area contributed by atoms with Gasteiger partial charge < -0.3 is 0 Å². The molecule has 0 atom stereocenters. The van der Waals surface area contributed by atoms with E-state index in [1.807, 2.05) is 36.4 Å². The van der Waals surface area contributed by atoms with Crippen LogP contribution < -0.4 is 0 Å². The first-order chi connectivity index (χ1) is 16.1. The lowest BCUT2D eigenvalue weighted by Crippen LogP contribution is -2.05. The molecule has 0 aliphatic carbocycles. The van der Waals surface area contributed by atoms with Gasteiger partial charge >= 0.3 is 0 Å². The molecule has 3 heterocycles. The van der Waals surface area contributed by atoms with Gasteiger partial charge in [0.15, 0.2) is 0 Å². The van der Waals surface area contributed by atoms with E-state index in [9.17, 15) is 4.39 Å². The Hall–Kier alpha value is -3.75. The first kappa shape index (κ1) is 19.9. The molecule has 0 aliphatic heterocycles. The molecule has 6 aromatic rings. The molecular formula is C23H14Cl2FN7. The van der Waals surface area contributed by atoms with Gasteiger partial charge in [-0.3, -0.25) is 9.78 Å². The SMILES string of the molecule is Fc1cc(Cl)ccc1Cn1nccc1-c1cc(Cl)c2nnn(-c3ccc4cn[nH]c4c3)c2c1. The van der Waals surface area contributed by atoms with Crippen LogP contribution in [0, 0.1) is 5.82 Å². The standard InChI is InChI=1S/C23H14Cl2FN7/c24-16-3-1-14(19(26)9-16)12-32-21(5-6-28-32)15-7-18(25)23-22(8-15)33(31-30-23)17-4-2-13-11-27-29-20(13)10-17/h1-11H,12H2,(H,27,29). The fourth-order valence-electron chi connectivity index (χ4n) is 3.89. The molecule has 0 amide bonds. The van der Waals surface area contributed by atoms with Crippen LogP contribution >= 0.6 is 23.2 Å². The van der Waals surface area contributed by atoms with Crippen LogP contribution in [-0.2, 0) is 6.54 Å². The first-order valence-corrected chi connectivity index (χ1v) is 10.8. The quantitative estimate of drug-likeness (QED) is 0.355. The number of fused-ring (bicyclic) bond motifs is 2. The van der Waals surface area contributed by atoms with Crippen molar-refractivity contribution in [2.75, 3.05) is 0 Å². The molecule has 0 bridgehead atoms. The molecule has 0 saturated heterocycles. The Morgan fingerprint density at radius 3 is 2.79 bits per heavy atom. The summed E-state index contributed by atoms with van der Waals surface area (Å²) in [6.07, 6.45) is 3.43. The molecular weight excluding hydrogens is 464 g/mol. The van der Waals surface area contributed by atoms with Crippen LogP contribution in [0.4, 0.5) is 4.39 Å². The molecule has 0 unspecified atom stereocenters. The minimum atomic E-state index is -0.381. The van der Waals surface area contributed by atoms with Gasteiger partial charge in [-0.05, 0) is 48.5 Å². The second-order valence-corrected chi connectivity index (χ2v) is 8.42. The van der Waals surface area contributed by atoms with Crippen molar-refractivity contribution in [3.8, 4) is 16.9 Å². The number of nitrogens with one attached hydrogen (secondary N) is 1. The molecule has 0 radical (unpaired) electrons.